The summed E-state index contributed by atoms with van der Waals surface area (Å²) in [6, 6.07) is 18.1. The van der Waals surface area contributed by atoms with E-state index < -0.39 is 23.5 Å². The third-order valence-electron chi connectivity index (χ3n) is 5.59. The van der Waals surface area contributed by atoms with Crippen LogP contribution in [0.4, 0.5) is 21.9 Å². The lowest BCUT2D eigenvalue weighted by atomic mass is 9.81. The van der Waals surface area contributed by atoms with E-state index in [2.05, 4.69) is 26.6 Å². The maximum Gasteiger partial charge on any atom is 0.412 e. The number of carbonyl (C=O) groups is 3. The lowest BCUT2D eigenvalue weighted by Gasteiger charge is -2.32. The molecular formula is C28H28BrN3O5. The van der Waals surface area contributed by atoms with Gasteiger partial charge in [0.05, 0.1) is 11.4 Å². The number of ketones is 1. The number of para-hydroxylation sites is 2. The summed E-state index contributed by atoms with van der Waals surface area (Å²) in [4.78, 5) is 36.9. The Morgan fingerprint density at radius 2 is 1.70 bits per heavy atom. The van der Waals surface area contributed by atoms with Gasteiger partial charge >= 0.3 is 6.09 Å². The molecule has 0 fully saturated rings. The van der Waals surface area contributed by atoms with E-state index in [9.17, 15) is 19.5 Å². The van der Waals surface area contributed by atoms with Gasteiger partial charge in [-0.05, 0) is 67.6 Å². The van der Waals surface area contributed by atoms with Crippen molar-refractivity contribution in [1.82, 2.24) is 0 Å². The van der Waals surface area contributed by atoms with E-state index in [4.69, 9.17) is 10.5 Å². The van der Waals surface area contributed by atoms with Crippen molar-refractivity contribution in [1.29, 1.82) is 0 Å². The first-order valence-electron chi connectivity index (χ1n) is 11.4. The molecule has 0 aromatic heterocycles. The first-order valence-corrected chi connectivity index (χ1v) is 12.2. The number of anilines is 3. The molecule has 0 aliphatic rings. The molecule has 0 bridgehead atoms. The molecule has 0 saturated heterocycles. The van der Waals surface area contributed by atoms with Gasteiger partial charge in [-0.25, -0.2) is 4.79 Å². The minimum absolute atomic E-state index is 0.0743. The zero-order valence-electron chi connectivity index (χ0n) is 20.6. The average Bonchev–Trinajstić information content (AvgIpc) is 2.84. The highest BCUT2D eigenvalue weighted by Gasteiger charge is 2.34. The third kappa shape index (κ3) is 7.44. The number of Topliss-reactive ketones (excluding diaryl/α,β-unsaturated/α-hetero) is 1. The zero-order chi connectivity index (χ0) is 27.2. The molecule has 2 amide bonds. The summed E-state index contributed by atoms with van der Waals surface area (Å²) in [5, 5.41) is 15.9. The molecule has 0 unspecified atom stereocenters. The second-order valence-electron chi connectivity index (χ2n) is 8.98. The zero-order valence-corrected chi connectivity index (χ0v) is 22.2. The summed E-state index contributed by atoms with van der Waals surface area (Å²) in [6.07, 6.45) is 1.17. The van der Waals surface area contributed by atoms with Crippen LogP contribution >= 0.6 is 15.9 Å². The van der Waals surface area contributed by atoms with E-state index in [1.165, 1.54) is 19.1 Å². The monoisotopic (exact) mass is 565 g/mol. The van der Waals surface area contributed by atoms with Crippen molar-refractivity contribution in [3.05, 3.63) is 94.5 Å². The Labute approximate surface area is 223 Å². The molecule has 0 aliphatic heterocycles. The Bertz CT molecular complexity index is 1340. The number of nitrogen functional groups attached to an aromatic ring is 1. The van der Waals surface area contributed by atoms with Gasteiger partial charge in [-0.1, -0.05) is 48.0 Å². The molecule has 3 aromatic carbocycles. The summed E-state index contributed by atoms with van der Waals surface area (Å²) in [7, 11) is 0. The first kappa shape index (κ1) is 27.5. The standard InChI is InChI=1S/C28H28BrN3O5/c1-17(33)18-8-11-20(12-9-18)31-27(36)37-26(21-16-19(29)10-13-24(21)34)28(2,3)15-14-25(35)32-23-7-5-4-6-22(23)30/h4-16,26,34H,30H2,1-3H3,(H,31,36)(H,32,35)/b15-14+/t26-/m1/s1. The second kappa shape index (κ2) is 11.7. The lowest BCUT2D eigenvalue weighted by molar-refractivity contribution is -0.112. The van der Waals surface area contributed by atoms with Crippen molar-refractivity contribution in [2.75, 3.05) is 16.4 Å². The number of ether oxygens (including phenoxy) is 1. The van der Waals surface area contributed by atoms with E-state index in [0.717, 1.165) is 0 Å². The van der Waals surface area contributed by atoms with Crippen LogP contribution in [-0.4, -0.2) is 22.9 Å². The molecule has 192 valence electrons. The van der Waals surface area contributed by atoms with E-state index in [1.807, 2.05) is 0 Å². The van der Waals surface area contributed by atoms with Crippen molar-refractivity contribution in [3.63, 3.8) is 0 Å². The Morgan fingerprint density at radius 3 is 2.35 bits per heavy atom. The van der Waals surface area contributed by atoms with Crippen LogP contribution in [0, 0.1) is 5.41 Å². The van der Waals surface area contributed by atoms with Gasteiger partial charge in [-0.2, -0.15) is 0 Å². The number of halogens is 1. The number of aromatic hydroxyl groups is 1. The highest BCUT2D eigenvalue weighted by atomic mass is 79.9. The van der Waals surface area contributed by atoms with Crippen LogP contribution in [0.15, 0.2) is 83.4 Å². The number of hydrogen-bond acceptors (Lipinski definition) is 6. The van der Waals surface area contributed by atoms with Gasteiger partial charge in [0, 0.05) is 26.7 Å². The van der Waals surface area contributed by atoms with Crippen LogP contribution in [0.25, 0.3) is 0 Å². The second-order valence-corrected chi connectivity index (χ2v) is 9.89. The van der Waals surface area contributed by atoms with E-state index in [-0.39, 0.29) is 11.5 Å². The smallest absolute Gasteiger partial charge is 0.412 e. The number of rotatable bonds is 8. The molecule has 9 heteroatoms. The first-order chi connectivity index (χ1) is 17.5. The Hall–Kier alpha value is -4.11. The molecule has 0 heterocycles. The highest BCUT2D eigenvalue weighted by Crippen LogP contribution is 2.42. The number of benzene rings is 3. The van der Waals surface area contributed by atoms with Crippen molar-refractivity contribution >= 4 is 50.8 Å². The van der Waals surface area contributed by atoms with Crippen LogP contribution < -0.4 is 16.4 Å². The maximum absolute atomic E-state index is 12.9. The van der Waals surface area contributed by atoms with Gasteiger partial charge < -0.3 is 20.9 Å². The number of nitrogens with two attached hydrogens (primary N) is 1. The number of amides is 2. The fourth-order valence-corrected chi connectivity index (χ4v) is 3.94. The summed E-state index contributed by atoms with van der Waals surface area (Å²) < 4.78 is 6.46. The highest BCUT2D eigenvalue weighted by molar-refractivity contribution is 9.10. The van der Waals surface area contributed by atoms with Gasteiger partial charge in [0.25, 0.3) is 0 Å². The van der Waals surface area contributed by atoms with E-state index in [0.29, 0.717) is 32.7 Å². The Morgan fingerprint density at radius 1 is 1.03 bits per heavy atom. The van der Waals surface area contributed by atoms with Crippen LogP contribution in [0.2, 0.25) is 0 Å². The third-order valence-corrected chi connectivity index (χ3v) is 6.09. The summed E-state index contributed by atoms with van der Waals surface area (Å²) in [5.41, 5.74) is 7.15. The van der Waals surface area contributed by atoms with Gasteiger partial charge in [-0.3, -0.25) is 14.9 Å². The Balaban J connectivity index is 1.84. The SMILES string of the molecule is CC(=O)c1ccc(NC(=O)O[C@H](c2cc(Br)ccc2O)C(C)(C)/C=C/C(=O)Nc2ccccc2N)cc1. The van der Waals surface area contributed by atoms with Gasteiger partial charge in [-0.15, -0.1) is 0 Å². The van der Waals surface area contributed by atoms with Crippen LogP contribution in [0.3, 0.4) is 0 Å². The predicted molar refractivity (Wildman–Crippen MR) is 148 cm³/mol. The molecule has 1 atom stereocenters. The summed E-state index contributed by atoms with van der Waals surface area (Å²) in [6.45, 7) is 5.00. The fourth-order valence-electron chi connectivity index (χ4n) is 3.56. The molecule has 8 nitrogen and oxygen atoms in total. The number of nitrogens with one attached hydrogen (secondary N) is 2. The maximum atomic E-state index is 12.9. The van der Waals surface area contributed by atoms with Crippen LogP contribution in [0.1, 0.15) is 42.8 Å². The predicted octanol–water partition coefficient (Wildman–Crippen LogP) is 6.45. The normalized spacial score (nSPS) is 12.1. The largest absolute Gasteiger partial charge is 0.508 e. The molecule has 37 heavy (non-hydrogen) atoms. The average molecular weight is 566 g/mol. The molecule has 0 spiro atoms. The number of carbonyl (C=O) groups excluding carboxylic acids is 3. The fraction of sp³-hybridized carbons (Fsp3) is 0.179. The van der Waals surface area contributed by atoms with Crippen LogP contribution in [0.5, 0.6) is 5.75 Å². The molecule has 5 N–H and O–H groups in total. The molecular weight excluding hydrogens is 538 g/mol. The van der Waals surface area contributed by atoms with Crippen molar-refractivity contribution in [2.45, 2.75) is 26.9 Å². The lowest BCUT2D eigenvalue weighted by Crippen LogP contribution is -2.28. The number of phenols is 1. The quantitative estimate of drug-likeness (QED) is 0.141. The molecule has 0 saturated carbocycles. The minimum Gasteiger partial charge on any atom is -0.508 e. The minimum atomic E-state index is -0.979. The molecule has 0 aliphatic carbocycles. The van der Waals surface area contributed by atoms with Crippen molar-refractivity contribution < 1.29 is 24.2 Å². The van der Waals surface area contributed by atoms with Crippen molar-refractivity contribution in [3.8, 4) is 5.75 Å². The van der Waals surface area contributed by atoms with Gasteiger partial charge in [0.15, 0.2) is 5.78 Å². The molecule has 3 aromatic rings. The van der Waals surface area contributed by atoms with Gasteiger partial charge in [0.1, 0.15) is 11.9 Å². The number of hydrogen-bond donors (Lipinski definition) is 4. The molecule has 3 rings (SSSR count). The Kier molecular flexibility index (Phi) is 8.73. The van der Waals surface area contributed by atoms with Gasteiger partial charge in [0.2, 0.25) is 5.91 Å². The molecule has 0 radical (unpaired) electrons. The number of phenolic OH excluding ortho intramolecular Hbond substituents is 1. The summed E-state index contributed by atoms with van der Waals surface area (Å²) in [5.74, 6) is -0.583. The van der Waals surface area contributed by atoms with E-state index in [1.54, 1.807) is 80.6 Å². The van der Waals surface area contributed by atoms with Crippen molar-refractivity contribution in [2.24, 2.45) is 5.41 Å². The van der Waals surface area contributed by atoms with E-state index >= 15 is 0 Å². The topological polar surface area (TPSA) is 131 Å². The van der Waals surface area contributed by atoms with Crippen LogP contribution in [-0.2, 0) is 9.53 Å². The summed E-state index contributed by atoms with van der Waals surface area (Å²) >= 11 is 3.39.